The Labute approximate surface area is 137 Å². The van der Waals surface area contributed by atoms with Crippen molar-refractivity contribution in [3.63, 3.8) is 0 Å². The Balaban J connectivity index is 1.82. The molecule has 0 aliphatic rings. The summed E-state index contributed by atoms with van der Waals surface area (Å²) in [6.45, 7) is -2.09. The lowest BCUT2D eigenvalue weighted by molar-refractivity contribution is -0.885. The average Bonchev–Trinajstić information content (AvgIpc) is 2.51. The summed E-state index contributed by atoms with van der Waals surface area (Å²) in [7, 11) is 1.84. The molecule has 2 aromatic carbocycles. The quantitative estimate of drug-likeness (QED) is 0.811. The van der Waals surface area contributed by atoms with E-state index in [0.717, 1.165) is 10.5 Å². The van der Waals surface area contributed by atoms with Gasteiger partial charge in [-0.25, -0.2) is 4.39 Å². The molecule has 1 atom stereocenters. The van der Waals surface area contributed by atoms with E-state index >= 15 is 0 Å². The molecule has 0 heterocycles. The number of anilines is 1. The fourth-order valence-electron chi connectivity index (χ4n) is 2.21. The predicted octanol–water partition coefficient (Wildman–Crippen LogP) is 2.08. The zero-order valence-electron chi connectivity index (χ0n) is 13.1. The highest BCUT2D eigenvalue weighted by molar-refractivity contribution is 5.91. The van der Waals surface area contributed by atoms with E-state index in [4.69, 9.17) is 0 Å². The summed E-state index contributed by atoms with van der Waals surface area (Å²) in [5.74, 6) is -0.466. The van der Waals surface area contributed by atoms with Crippen molar-refractivity contribution in [2.75, 3.05) is 18.9 Å². The van der Waals surface area contributed by atoms with Gasteiger partial charge in [0, 0.05) is 11.3 Å². The van der Waals surface area contributed by atoms with Gasteiger partial charge in [0.15, 0.2) is 6.54 Å². The van der Waals surface area contributed by atoms with Gasteiger partial charge < -0.3 is 15.0 Å². The van der Waals surface area contributed by atoms with Crippen LogP contribution >= 0.6 is 0 Å². The number of carbonyl (C=O) groups is 1. The van der Waals surface area contributed by atoms with Gasteiger partial charge in [-0.15, -0.1) is 0 Å². The molecule has 2 rings (SSSR count). The van der Waals surface area contributed by atoms with Crippen molar-refractivity contribution in [3.05, 3.63) is 59.9 Å². The molecule has 0 saturated carbocycles. The van der Waals surface area contributed by atoms with Crippen LogP contribution in [0.4, 0.5) is 18.9 Å². The van der Waals surface area contributed by atoms with Crippen LogP contribution in [0.3, 0.4) is 0 Å². The number of carbonyl (C=O) groups excluding carboxylic acids is 1. The number of ether oxygens (including phenoxy) is 1. The lowest BCUT2D eigenvalue weighted by Gasteiger charge is -2.14. The molecule has 128 valence electrons. The number of amides is 1. The van der Waals surface area contributed by atoms with Gasteiger partial charge in [0.2, 0.25) is 0 Å². The first kappa shape index (κ1) is 17.8. The maximum atomic E-state index is 12.8. The number of nitrogens with one attached hydrogen (secondary N) is 2. The summed E-state index contributed by atoms with van der Waals surface area (Å²) in [6.07, 6.45) is 0. The third kappa shape index (κ3) is 5.92. The van der Waals surface area contributed by atoms with Crippen molar-refractivity contribution in [2.45, 2.75) is 13.2 Å². The van der Waals surface area contributed by atoms with Crippen molar-refractivity contribution in [3.8, 4) is 5.75 Å². The van der Waals surface area contributed by atoms with Crippen LogP contribution in [-0.4, -0.2) is 26.1 Å². The number of quaternary nitrogens is 1. The van der Waals surface area contributed by atoms with Gasteiger partial charge in [0.25, 0.3) is 5.91 Å². The molecular weight excluding hydrogens is 321 g/mol. The normalized spacial score (nSPS) is 12.0. The molecular formula is C17H18F3N2O2+. The largest absolute Gasteiger partial charge is 0.435 e. The van der Waals surface area contributed by atoms with Crippen molar-refractivity contribution in [2.24, 2.45) is 0 Å². The second-order valence-electron chi connectivity index (χ2n) is 5.39. The predicted molar refractivity (Wildman–Crippen MR) is 83.6 cm³/mol. The molecule has 4 nitrogen and oxygen atoms in total. The van der Waals surface area contributed by atoms with Crippen LogP contribution in [0.25, 0.3) is 0 Å². The van der Waals surface area contributed by atoms with E-state index in [-0.39, 0.29) is 24.0 Å². The van der Waals surface area contributed by atoms with Crippen molar-refractivity contribution < 1.29 is 27.6 Å². The SMILES string of the molecule is C[NH+](CC(=O)Nc1ccc(F)cc1)Cc1ccc(OC(F)F)cc1. The van der Waals surface area contributed by atoms with Crippen molar-refractivity contribution in [1.29, 1.82) is 0 Å². The second-order valence-corrected chi connectivity index (χ2v) is 5.39. The maximum Gasteiger partial charge on any atom is 0.387 e. The Bertz CT molecular complexity index is 661. The fourth-order valence-corrected chi connectivity index (χ4v) is 2.21. The lowest BCUT2D eigenvalue weighted by atomic mass is 10.2. The zero-order valence-corrected chi connectivity index (χ0v) is 13.1. The Hall–Kier alpha value is -2.54. The van der Waals surface area contributed by atoms with Crippen LogP contribution < -0.4 is 15.0 Å². The molecule has 2 N–H and O–H groups in total. The molecule has 1 unspecified atom stereocenters. The highest BCUT2D eigenvalue weighted by atomic mass is 19.3. The summed E-state index contributed by atoms with van der Waals surface area (Å²) in [6, 6.07) is 11.8. The van der Waals surface area contributed by atoms with Crippen LogP contribution in [0.1, 0.15) is 5.56 Å². The Morgan fingerprint density at radius 1 is 1.12 bits per heavy atom. The summed E-state index contributed by atoms with van der Waals surface area (Å²) < 4.78 is 41.3. The van der Waals surface area contributed by atoms with Gasteiger partial charge in [0.05, 0.1) is 7.05 Å². The summed E-state index contributed by atoms with van der Waals surface area (Å²) in [5.41, 5.74) is 1.42. The molecule has 0 fully saturated rings. The van der Waals surface area contributed by atoms with Crippen LogP contribution in [0.2, 0.25) is 0 Å². The summed E-state index contributed by atoms with van der Waals surface area (Å²) in [4.78, 5) is 12.9. The third-order valence-electron chi connectivity index (χ3n) is 3.24. The lowest BCUT2D eigenvalue weighted by Crippen LogP contribution is -3.08. The highest BCUT2D eigenvalue weighted by Crippen LogP contribution is 2.14. The van der Waals surface area contributed by atoms with Gasteiger partial charge in [-0.1, -0.05) is 0 Å². The van der Waals surface area contributed by atoms with Crippen LogP contribution in [0.5, 0.6) is 5.75 Å². The van der Waals surface area contributed by atoms with Crippen molar-refractivity contribution >= 4 is 11.6 Å². The number of benzene rings is 2. The number of likely N-dealkylation sites (N-methyl/N-ethyl adjacent to an activating group) is 1. The van der Waals surface area contributed by atoms with E-state index < -0.39 is 6.61 Å². The van der Waals surface area contributed by atoms with Crippen molar-refractivity contribution in [1.82, 2.24) is 0 Å². The Morgan fingerprint density at radius 3 is 2.33 bits per heavy atom. The smallest absolute Gasteiger partial charge is 0.387 e. The Morgan fingerprint density at radius 2 is 1.75 bits per heavy atom. The number of alkyl halides is 2. The summed E-state index contributed by atoms with van der Waals surface area (Å²) in [5, 5.41) is 2.69. The van der Waals surface area contributed by atoms with E-state index in [1.807, 2.05) is 7.05 Å². The number of rotatable bonds is 7. The second kappa shape index (κ2) is 8.35. The first-order valence-corrected chi connectivity index (χ1v) is 7.33. The molecule has 0 radical (unpaired) electrons. The molecule has 7 heteroatoms. The minimum absolute atomic E-state index is 0.0976. The molecule has 0 aliphatic heterocycles. The van der Waals surface area contributed by atoms with E-state index in [2.05, 4.69) is 10.1 Å². The molecule has 2 aromatic rings. The molecule has 0 aromatic heterocycles. The Kier molecular flexibility index (Phi) is 6.20. The maximum absolute atomic E-state index is 12.8. The zero-order chi connectivity index (χ0) is 17.5. The van der Waals surface area contributed by atoms with E-state index in [0.29, 0.717) is 12.2 Å². The van der Waals surface area contributed by atoms with Gasteiger partial charge in [-0.3, -0.25) is 4.79 Å². The monoisotopic (exact) mass is 339 g/mol. The number of hydrogen-bond donors (Lipinski definition) is 2. The summed E-state index contributed by atoms with van der Waals surface area (Å²) >= 11 is 0. The molecule has 24 heavy (non-hydrogen) atoms. The van der Waals surface area contributed by atoms with E-state index in [9.17, 15) is 18.0 Å². The molecule has 0 saturated heterocycles. The molecule has 0 aliphatic carbocycles. The number of halogens is 3. The first-order valence-electron chi connectivity index (χ1n) is 7.33. The van der Waals surface area contributed by atoms with Crippen LogP contribution in [0.15, 0.2) is 48.5 Å². The van der Waals surface area contributed by atoms with Gasteiger partial charge in [-0.05, 0) is 48.5 Å². The van der Waals surface area contributed by atoms with E-state index in [1.54, 1.807) is 12.1 Å². The minimum atomic E-state index is -2.85. The fraction of sp³-hybridized carbons (Fsp3) is 0.235. The van der Waals surface area contributed by atoms with Crippen LogP contribution in [0, 0.1) is 5.82 Å². The van der Waals surface area contributed by atoms with Gasteiger partial charge in [-0.2, -0.15) is 8.78 Å². The molecule has 0 bridgehead atoms. The van der Waals surface area contributed by atoms with Gasteiger partial charge >= 0.3 is 6.61 Å². The third-order valence-corrected chi connectivity index (χ3v) is 3.24. The van der Waals surface area contributed by atoms with E-state index in [1.165, 1.54) is 36.4 Å². The first-order chi connectivity index (χ1) is 11.4. The number of hydrogen-bond acceptors (Lipinski definition) is 2. The average molecular weight is 339 g/mol. The highest BCUT2D eigenvalue weighted by Gasteiger charge is 2.11. The standard InChI is InChI=1S/C17H17F3N2O2/c1-22(10-12-2-8-15(9-3-12)24-17(19)20)11-16(23)21-14-6-4-13(18)5-7-14/h2-9,17H,10-11H2,1H3,(H,21,23)/p+1. The minimum Gasteiger partial charge on any atom is -0.435 e. The molecule has 1 amide bonds. The molecule has 0 spiro atoms. The topological polar surface area (TPSA) is 42.8 Å². The van der Waals surface area contributed by atoms with Crippen LogP contribution in [-0.2, 0) is 11.3 Å². The van der Waals surface area contributed by atoms with Gasteiger partial charge in [0.1, 0.15) is 18.1 Å².